The van der Waals surface area contributed by atoms with Crippen molar-refractivity contribution in [2.45, 2.75) is 12.2 Å². The minimum atomic E-state index is -1.52. The van der Waals surface area contributed by atoms with E-state index >= 15 is 0 Å². The van der Waals surface area contributed by atoms with Crippen LogP contribution in [0.4, 0.5) is 10.1 Å². The Labute approximate surface area is 104 Å². The quantitative estimate of drug-likeness (QED) is 0.757. The molecule has 2 aromatic carbocycles. The number of hydrogen-bond acceptors (Lipinski definition) is 3. The van der Waals surface area contributed by atoms with Crippen LogP contribution < -0.4 is 10.5 Å². The Morgan fingerprint density at radius 2 is 2.06 bits per heavy atom. The average Bonchev–Trinajstić information content (AvgIpc) is 2.66. The standard InChI is InChI=1S/C14H12FNO2/c15-11-3-1-2-10(6-11)14(17)8-9-4-5-12(16)7-13(9)18-14/h1-7,17H,8,16H2. The number of nitrogen functional groups attached to an aromatic ring is 1. The largest absolute Gasteiger partial charge is 0.457 e. The molecule has 1 heterocycles. The summed E-state index contributed by atoms with van der Waals surface area (Å²) in [6, 6.07) is 11.0. The number of nitrogens with two attached hydrogens (primary N) is 1. The molecule has 1 aliphatic heterocycles. The lowest BCUT2D eigenvalue weighted by Crippen LogP contribution is -2.30. The lowest BCUT2D eigenvalue weighted by Gasteiger charge is -2.22. The predicted octanol–water partition coefficient (Wildman–Crippen LogP) is 2.19. The van der Waals surface area contributed by atoms with Crippen molar-refractivity contribution in [3.63, 3.8) is 0 Å². The first-order valence-corrected chi connectivity index (χ1v) is 5.63. The zero-order chi connectivity index (χ0) is 12.8. The van der Waals surface area contributed by atoms with Crippen LogP contribution in [0.25, 0.3) is 0 Å². The van der Waals surface area contributed by atoms with Gasteiger partial charge in [-0.2, -0.15) is 0 Å². The number of ether oxygens (including phenoxy) is 1. The van der Waals surface area contributed by atoms with Gasteiger partial charge in [-0.15, -0.1) is 0 Å². The molecule has 1 atom stereocenters. The third kappa shape index (κ3) is 1.71. The monoisotopic (exact) mass is 245 g/mol. The molecule has 0 saturated heterocycles. The first kappa shape index (κ1) is 11.0. The van der Waals surface area contributed by atoms with E-state index in [1.807, 2.05) is 6.07 Å². The molecule has 3 nitrogen and oxygen atoms in total. The van der Waals surface area contributed by atoms with Gasteiger partial charge < -0.3 is 15.6 Å². The van der Waals surface area contributed by atoms with Gasteiger partial charge in [-0.25, -0.2) is 4.39 Å². The van der Waals surface area contributed by atoms with E-state index in [4.69, 9.17) is 10.5 Å². The lowest BCUT2D eigenvalue weighted by atomic mass is 10.00. The Morgan fingerprint density at radius 1 is 1.22 bits per heavy atom. The molecule has 0 aromatic heterocycles. The molecule has 0 saturated carbocycles. The van der Waals surface area contributed by atoms with Gasteiger partial charge in [-0.3, -0.25) is 0 Å². The van der Waals surface area contributed by atoms with Crippen molar-refractivity contribution in [2.24, 2.45) is 0 Å². The van der Waals surface area contributed by atoms with E-state index in [0.717, 1.165) is 5.56 Å². The SMILES string of the molecule is Nc1ccc2c(c1)OC(O)(c1cccc(F)c1)C2. The Balaban J connectivity index is 2.01. The average molecular weight is 245 g/mol. The Kier molecular flexibility index (Phi) is 2.28. The fourth-order valence-electron chi connectivity index (χ4n) is 2.18. The molecule has 1 aliphatic rings. The summed E-state index contributed by atoms with van der Waals surface area (Å²) in [7, 11) is 0. The second-order valence-corrected chi connectivity index (χ2v) is 4.44. The van der Waals surface area contributed by atoms with Crippen LogP contribution in [0.1, 0.15) is 11.1 Å². The number of benzene rings is 2. The van der Waals surface area contributed by atoms with Gasteiger partial charge in [0.1, 0.15) is 11.6 Å². The van der Waals surface area contributed by atoms with E-state index in [1.54, 1.807) is 24.3 Å². The van der Waals surface area contributed by atoms with Gasteiger partial charge in [0.2, 0.25) is 5.79 Å². The van der Waals surface area contributed by atoms with E-state index < -0.39 is 11.6 Å². The summed E-state index contributed by atoms with van der Waals surface area (Å²) in [5, 5.41) is 10.5. The number of hydrogen-bond donors (Lipinski definition) is 2. The fraction of sp³-hybridized carbons (Fsp3) is 0.143. The predicted molar refractivity (Wildman–Crippen MR) is 65.5 cm³/mol. The zero-order valence-corrected chi connectivity index (χ0v) is 9.56. The molecule has 0 fully saturated rings. The summed E-state index contributed by atoms with van der Waals surface area (Å²) in [6.45, 7) is 0. The van der Waals surface area contributed by atoms with E-state index in [2.05, 4.69) is 0 Å². The highest BCUT2D eigenvalue weighted by Gasteiger charge is 2.39. The lowest BCUT2D eigenvalue weighted by molar-refractivity contribution is -0.129. The number of rotatable bonds is 1. The number of halogens is 1. The molecule has 3 rings (SSSR count). The zero-order valence-electron chi connectivity index (χ0n) is 9.56. The topological polar surface area (TPSA) is 55.5 Å². The summed E-state index contributed by atoms with van der Waals surface area (Å²) in [6.07, 6.45) is 0.284. The fourth-order valence-corrected chi connectivity index (χ4v) is 2.18. The summed E-state index contributed by atoms with van der Waals surface area (Å²) in [5.74, 6) is -1.38. The maximum atomic E-state index is 13.2. The van der Waals surface area contributed by atoms with Crippen molar-refractivity contribution in [3.8, 4) is 5.75 Å². The molecule has 92 valence electrons. The van der Waals surface area contributed by atoms with Crippen LogP contribution in [0.2, 0.25) is 0 Å². The molecule has 18 heavy (non-hydrogen) atoms. The van der Waals surface area contributed by atoms with Crippen molar-refractivity contribution in [2.75, 3.05) is 5.73 Å². The van der Waals surface area contributed by atoms with E-state index in [1.165, 1.54) is 12.1 Å². The summed E-state index contributed by atoms with van der Waals surface area (Å²) < 4.78 is 18.7. The van der Waals surface area contributed by atoms with Crippen molar-refractivity contribution in [1.82, 2.24) is 0 Å². The third-order valence-electron chi connectivity index (χ3n) is 3.08. The summed E-state index contributed by atoms with van der Waals surface area (Å²) in [5.41, 5.74) is 7.49. The van der Waals surface area contributed by atoms with Crippen LogP contribution in [0, 0.1) is 5.82 Å². The van der Waals surface area contributed by atoms with Gasteiger partial charge in [-0.05, 0) is 18.2 Å². The number of aliphatic hydroxyl groups is 1. The van der Waals surface area contributed by atoms with Crippen LogP contribution in [-0.2, 0) is 12.2 Å². The van der Waals surface area contributed by atoms with Crippen LogP contribution in [-0.4, -0.2) is 5.11 Å². The molecular formula is C14H12FNO2. The molecular weight excluding hydrogens is 233 g/mol. The van der Waals surface area contributed by atoms with Gasteiger partial charge in [0.15, 0.2) is 0 Å². The van der Waals surface area contributed by atoms with Gasteiger partial charge in [0.25, 0.3) is 0 Å². The van der Waals surface area contributed by atoms with Gasteiger partial charge in [0, 0.05) is 29.3 Å². The van der Waals surface area contributed by atoms with Crippen LogP contribution in [0.3, 0.4) is 0 Å². The number of fused-ring (bicyclic) bond motifs is 1. The van der Waals surface area contributed by atoms with Gasteiger partial charge in [0.05, 0.1) is 0 Å². The Morgan fingerprint density at radius 3 is 2.83 bits per heavy atom. The van der Waals surface area contributed by atoms with Gasteiger partial charge in [-0.1, -0.05) is 18.2 Å². The Bertz CT molecular complexity index is 614. The molecule has 0 amide bonds. The van der Waals surface area contributed by atoms with Gasteiger partial charge >= 0.3 is 0 Å². The molecule has 0 spiro atoms. The highest BCUT2D eigenvalue weighted by molar-refractivity contribution is 5.51. The van der Waals surface area contributed by atoms with Crippen LogP contribution in [0.15, 0.2) is 42.5 Å². The Hall–Kier alpha value is -2.07. The van der Waals surface area contributed by atoms with Crippen LogP contribution in [0.5, 0.6) is 5.75 Å². The maximum Gasteiger partial charge on any atom is 0.239 e. The van der Waals surface area contributed by atoms with E-state index in [-0.39, 0.29) is 6.42 Å². The van der Waals surface area contributed by atoms with Crippen molar-refractivity contribution < 1.29 is 14.2 Å². The summed E-state index contributed by atoms with van der Waals surface area (Å²) in [4.78, 5) is 0. The molecule has 4 heteroatoms. The highest BCUT2D eigenvalue weighted by Crippen LogP contribution is 2.40. The molecule has 0 aliphatic carbocycles. The highest BCUT2D eigenvalue weighted by atomic mass is 19.1. The first-order chi connectivity index (χ1) is 8.57. The van der Waals surface area contributed by atoms with Crippen LogP contribution >= 0.6 is 0 Å². The normalized spacial score (nSPS) is 21.4. The first-order valence-electron chi connectivity index (χ1n) is 5.63. The second kappa shape index (κ2) is 3.71. The molecule has 3 N–H and O–H groups in total. The van der Waals surface area contributed by atoms with E-state index in [0.29, 0.717) is 17.0 Å². The molecule has 1 unspecified atom stereocenters. The van der Waals surface area contributed by atoms with E-state index in [9.17, 15) is 9.50 Å². The van der Waals surface area contributed by atoms with Crippen molar-refractivity contribution in [3.05, 3.63) is 59.4 Å². The summed E-state index contributed by atoms with van der Waals surface area (Å²) >= 11 is 0. The molecule has 0 radical (unpaired) electrons. The smallest absolute Gasteiger partial charge is 0.239 e. The van der Waals surface area contributed by atoms with Crippen molar-refractivity contribution >= 4 is 5.69 Å². The number of anilines is 1. The second-order valence-electron chi connectivity index (χ2n) is 4.44. The third-order valence-corrected chi connectivity index (χ3v) is 3.08. The molecule has 2 aromatic rings. The minimum absolute atomic E-state index is 0.284. The minimum Gasteiger partial charge on any atom is -0.457 e. The maximum absolute atomic E-state index is 13.2. The molecule has 0 bridgehead atoms. The van der Waals surface area contributed by atoms with Crippen molar-refractivity contribution in [1.29, 1.82) is 0 Å².